The average Bonchev–Trinajstić information content (AvgIpc) is 2.44. The molecule has 5 nitrogen and oxygen atoms in total. The van der Waals surface area contributed by atoms with Gasteiger partial charge in [0.2, 0.25) is 5.91 Å². The number of nitrogens with two attached hydrogens (primary N) is 1. The maximum atomic E-state index is 13.5. The fraction of sp³-hybridized carbons (Fsp3) is 0.467. The van der Waals surface area contributed by atoms with Gasteiger partial charge >= 0.3 is 6.03 Å². The molecular weight excluding hydrogens is 273 g/mol. The third-order valence-electron chi connectivity index (χ3n) is 3.16. The van der Waals surface area contributed by atoms with Crippen molar-refractivity contribution in [1.29, 1.82) is 0 Å². The summed E-state index contributed by atoms with van der Waals surface area (Å²) < 4.78 is 13.5. The second-order valence-corrected chi connectivity index (χ2v) is 4.94. The van der Waals surface area contributed by atoms with E-state index in [4.69, 9.17) is 5.73 Å². The van der Waals surface area contributed by atoms with Crippen LogP contribution in [0.3, 0.4) is 0 Å². The number of halogens is 1. The Morgan fingerprint density at radius 3 is 2.62 bits per heavy atom. The number of hydrogen-bond acceptors (Lipinski definition) is 2. The summed E-state index contributed by atoms with van der Waals surface area (Å²) in [4.78, 5) is 23.9. The summed E-state index contributed by atoms with van der Waals surface area (Å²) in [6, 6.07) is 5.91. The number of primary amides is 1. The fourth-order valence-corrected chi connectivity index (χ4v) is 1.95. The van der Waals surface area contributed by atoms with E-state index in [1.165, 1.54) is 11.0 Å². The van der Waals surface area contributed by atoms with E-state index in [1.54, 1.807) is 25.2 Å². The topological polar surface area (TPSA) is 75.4 Å². The third-order valence-corrected chi connectivity index (χ3v) is 3.16. The highest BCUT2D eigenvalue weighted by molar-refractivity contribution is 5.75. The summed E-state index contributed by atoms with van der Waals surface area (Å²) >= 11 is 0. The molecule has 0 aliphatic carbocycles. The zero-order valence-corrected chi connectivity index (χ0v) is 12.3. The maximum absolute atomic E-state index is 13.5. The first-order valence-electron chi connectivity index (χ1n) is 7.01. The molecule has 0 radical (unpaired) electrons. The van der Waals surface area contributed by atoms with Crippen molar-refractivity contribution in [2.45, 2.75) is 32.2 Å². The summed E-state index contributed by atoms with van der Waals surface area (Å²) in [5, 5.41) is 2.50. The van der Waals surface area contributed by atoms with E-state index >= 15 is 0 Å². The van der Waals surface area contributed by atoms with Crippen LogP contribution in [0.4, 0.5) is 9.18 Å². The van der Waals surface area contributed by atoms with E-state index in [0.29, 0.717) is 18.5 Å². The number of nitrogens with one attached hydrogen (secondary N) is 1. The van der Waals surface area contributed by atoms with Crippen LogP contribution in [0.1, 0.15) is 31.2 Å². The number of hydrogen-bond donors (Lipinski definition) is 2. The van der Waals surface area contributed by atoms with E-state index in [0.717, 1.165) is 19.3 Å². The molecule has 0 bridgehead atoms. The van der Waals surface area contributed by atoms with Crippen LogP contribution in [0.5, 0.6) is 0 Å². The monoisotopic (exact) mass is 295 g/mol. The number of carbonyl (C=O) groups excluding carboxylic acids is 2. The van der Waals surface area contributed by atoms with Gasteiger partial charge in [-0.25, -0.2) is 9.18 Å². The number of amides is 3. The maximum Gasteiger partial charge on any atom is 0.312 e. The van der Waals surface area contributed by atoms with Crippen molar-refractivity contribution in [2.75, 3.05) is 13.6 Å². The molecule has 1 aromatic rings. The lowest BCUT2D eigenvalue weighted by molar-refractivity contribution is -0.130. The highest BCUT2D eigenvalue weighted by atomic mass is 19.1. The summed E-state index contributed by atoms with van der Waals surface area (Å²) in [6.45, 7) is 0.795. The van der Waals surface area contributed by atoms with Crippen LogP contribution in [0.25, 0.3) is 0 Å². The second kappa shape index (κ2) is 8.94. The number of carbonyl (C=O) groups is 2. The molecule has 21 heavy (non-hydrogen) atoms. The zero-order chi connectivity index (χ0) is 15.7. The largest absolute Gasteiger partial charge is 0.352 e. The minimum atomic E-state index is -0.532. The lowest BCUT2D eigenvalue weighted by Crippen LogP contribution is -2.30. The van der Waals surface area contributed by atoms with Gasteiger partial charge in [0.1, 0.15) is 5.82 Å². The van der Waals surface area contributed by atoms with Crippen molar-refractivity contribution in [2.24, 2.45) is 5.73 Å². The summed E-state index contributed by atoms with van der Waals surface area (Å²) in [5.74, 6) is -0.309. The van der Waals surface area contributed by atoms with Crippen molar-refractivity contribution >= 4 is 11.9 Å². The van der Waals surface area contributed by atoms with Crippen molar-refractivity contribution in [3.63, 3.8) is 0 Å². The van der Waals surface area contributed by atoms with Gasteiger partial charge in [-0.2, -0.15) is 0 Å². The molecule has 3 N–H and O–H groups in total. The molecule has 1 aromatic carbocycles. The van der Waals surface area contributed by atoms with Crippen LogP contribution in [0.15, 0.2) is 24.3 Å². The first-order valence-corrected chi connectivity index (χ1v) is 7.01. The van der Waals surface area contributed by atoms with Crippen LogP contribution in [-0.2, 0) is 11.3 Å². The third kappa shape index (κ3) is 6.74. The van der Waals surface area contributed by atoms with E-state index in [1.807, 2.05) is 0 Å². The number of rotatable bonds is 8. The van der Waals surface area contributed by atoms with Crippen molar-refractivity contribution in [3.05, 3.63) is 35.6 Å². The quantitative estimate of drug-likeness (QED) is 0.720. The Bertz CT molecular complexity index is 480. The van der Waals surface area contributed by atoms with Crippen molar-refractivity contribution in [3.8, 4) is 0 Å². The molecule has 0 atom stereocenters. The van der Waals surface area contributed by atoms with Gasteiger partial charge in [0.05, 0.1) is 0 Å². The Balaban J connectivity index is 2.23. The highest BCUT2D eigenvalue weighted by Gasteiger charge is 2.10. The minimum Gasteiger partial charge on any atom is -0.352 e. The summed E-state index contributed by atoms with van der Waals surface area (Å²) in [5.41, 5.74) is 5.45. The number of nitrogens with zero attached hydrogens (tertiary/aromatic N) is 1. The first kappa shape index (κ1) is 16.9. The zero-order valence-electron chi connectivity index (χ0n) is 12.3. The lowest BCUT2D eigenvalue weighted by atomic mass is 10.1. The molecule has 116 valence electrons. The molecule has 6 heteroatoms. The predicted octanol–water partition coefficient (Wildman–Crippen LogP) is 2.01. The Labute approximate surface area is 124 Å². The SMILES string of the molecule is CN(Cc1ccccc1F)C(=O)CCCCCNC(N)=O. The molecule has 0 saturated heterocycles. The molecule has 0 spiro atoms. The van der Waals surface area contributed by atoms with E-state index in [9.17, 15) is 14.0 Å². The van der Waals surface area contributed by atoms with Crippen LogP contribution >= 0.6 is 0 Å². The second-order valence-electron chi connectivity index (χ2n) is 4.94. The Hall–Kier alpha value is -2.11. The number of unbranched alkanes of at least 4 members (excludes halogenated alkanes) is 2. The van der Waals surface area contributed by atoms with E-state index < -0.39 is 6.03 Å². The Morgan fingerprint density at radius 2 is 1.95 bits per heavy atom. The lowest BCUT2D eigenvalue weighted by Gasteiger charge is -2.17. The highest BCUT2D eigenvalue weighted by Crippen LogP contribution is 2.10. The summed E-state index contributed by atoms with van der Waals surface area (Å²) in [7, 11) is 1.67. The minimum absolute atomic E-state index is 0.0129. The molecule has 0 heterocycles. The van der Waals surface area contributed by atoms with Gasteiger partial charge < -0.3 is 16.0 Å². The molecule has 0 aromatic heterocycles. The Kier molecular flexibility index (Phi) is 7.21. The van der Waals surface area contributed by atoms with Gasteiger partial charge in [-0.05, 0) is 18.9 Å². The van der Waals surface area contributed by atoms with Crippen molar-refractivity contribution in [1.82, 2.24) is 10.2 Å². The molecule has 0 aliphatic heterocycles. The molecule has 3 amide bonds. The van der Waals surface area contributed by atoms with Crippen LogP contribution in [0.2, 0.25) is 0 Å². The predicted molar refractivity (Wildman–Crippen MR) is 78.9 cm³/mol. The van der Waals surface area contributed by atoms with Crippen molar-refractivity contribution < 1.29 is 14.0 Å². The average molecular weight is 295 g/mol. The molecule has 0 unspecified atom stereocenters. The van der Waals surface area contributed by atoms with Gasteiger partial charge in [0.25, 0.3) is 0 Å². The van der Waals surface area contributed by atoms with Gasteiger partial charge in [0.15, 0.2) is 0 Å². The van der Waals surface area contributed by atoms with E-state index in [2.05, 4.69) is 5.32 Å². The molecule has 0 saturated carbocycles. The first-order chi connectivity index (χ1) is 10.0. The summed E-state index contributed by atoms with van der Waals surface area (Å²) in [6.07, 6.45) is 2.77. The van der Waals surface area contributed by atoms with E-state index in [-0.39, 0.29) is 18.3 Å². The van der Waals surface area contributed by atoms with Gasteiger partial charge in [0, 0.05) is 32.1 Å². The normalized spacial score (nSPS) is 10.2. The molecule has 1 rings (SSSR count). The van der Waals surface area contributed by atoms with Gasteiger partial charge in [-0.1, -0.05) is 24.6 Å². The molecular formula is C15H22FN3O2. The molecule has 0 fully saturated rings. The fourth-order valence-electron chi connectivity index (χ4n) is 1.95. The standard InChI is InChI=1S/C15H22FN3O2/c1-19(11-12-7-4-5-8-13(12)16)14(20)9-3-2-6-10-18-15(17)21/h4-5,7-8H,2-3,6,9-11H2,1H3,(H3,17,18,21). The van der Waals surface area contributed by atoms with Crippen LogP contribution in [-0.4, -0.2) is 30.4 Å². The number of benzene rings is 1. The van der Waals surface area contributed by atoms with Gasteiger partial charge in [-0.3, -0.25) is 4.79 Å². The molecule has 0 aliphatic rings. The number of urea groups is 1. The Morgan fingerprint density at radius 1 is 1.24 bits per heavy atom. The van der Waals surface area contributed by atoms with Crippen LogP contribution in [0, 0.1) is 5.82 Å². The van der Waals surface area contributed by atoms with Gasteiger partial charge in [-0.15, -0.1) is 0 Å². The van der Waals surface area contributed by atoms with Crippen LogP contribution < -0.4 is 11.1 Å². The smallest absolute Gasteiger partial charge is 0.312 e.